The minimum absolute atomic E-state index is 0. The van der Waals surface area contributed by atoms with E-state index in [2.05, 4.69) is 61.5 Å². The Hall–Kier alpha value is -0.560. The van der Waals surface area contributed by atoms with E-state index >= 15 is 0 Å². The first-order chi connectivity index (χ1) is 10.9. The zero-order valence-corrected chi connectivity index (χ0v) is 17.1. The molecule has 2 rings (SSSR count). The fourth-order valence-corrected chi connectivity index (χ4v) is 3.09. The van der Waals surface area contributed by atoms with Crippen LogP contribution in [-0.2, 0) is 6.42 Å². The molecule has 0 aliphatic carbocycles. The Morgan fingerprint density at radius 2 is 1.17 bits per heavy atom. The molecule has 119 valence electrons. The Balaban J connectivity index is 0.00000264. The summed E-state index contributed by atoms with van der Waals surface area (Å²) in [5.41, 5.74) is 4.25. The summed E-state index contributed by atoms with van der Waals surface area (Å²) >= 11 is 0. The number of benzene rings is 2. The minimum atomic E-state index is 0. The maximum Gasteiger partial charge on any atom is 0 e. The van der Waals surface area contributed by atoms with E-state index in [9.17, 15) is 0 Å². The number of hydrogen-bond donors (Lipinski definition) is 0. The van der Waals surface area contributed by atoms with Crippen LogP contribution in [0.2, 0.25) is 0 Å². The Kier molecular flexibility index (Phi) is 11.4. The monoisotopic (exact) mass is 317 g/mol. The van der Waals surface area contributed by atoms with Gasteiger partial charge in [-0.05, 0) is 29.5 Å². The number of hydrogen-bond acceptors (Lipinski definition) is 0. The summed E-state index contributed by atoms with van der Waals surface area (Å²) in [6.07, 6.45) is 12.3. The van der Waals surface area contributed by atoms with Crippen molar-refractivity contribution < 1.29 is 0 Å². The molecular formula is C22H30Na. The van der Waals surface area contributed by atoms with Crippen molar-refractivity contribution in [2.75, 3.05) is 0 Å². The standard InChI is InChI=1S/C22H30.Na/c1-2-3-4-5-6-7-8-10-15-21-18-13-14-19-22(21)20-16-11-9-12-17-20;/h9,11-14,16-19H,2-8,10,15H2,1H3;. The van der Waals surface area contributed by atoms with Crippen LogP contribution in [0.25, 0.3) is 11.1 Å². The van der Waals surface area contributed by atoms with Crippen LogP contribution < -0.4 is 0 Å². The van der Waals surface area contributed by atoms with E-state index in [0.717, 1.165) is 0 Å². The van der Waals surface area contributed by atoms with Crippen LogP contribution in [0.3, 0.4) is 0 Å². The second kappa shape index (κ2) is 12.8. The third kappa shape index (κ3) is 7.70. The molecule has 23 heavy (non-hydrogen) atoms. The molecule has 0 N–H and O–H groups in total. The average molecular weight is 317 g/mol. The zero-order chi connectivity index (χ0) is 15.5. The third-order valence-corrected chi connectivity index (χ3v) is 4.40. The summed E-state index contributed by atoms with van der Waals surface area (Å²) in [5, 5.41) is 0. The van der Waals surface area contributed by atoms with Gasteiger partial charge >= 0.3 is 0 Å². The van der Waals surface area contributed by atoms with Crippen LogP contribution in [0.4, 0.5) is 0 Å². The number of unbranched alkanes of at least 4 members (excludes halogenated alkanes) is 7. The molecule has 0 saturated carbocycles. The van der Waals surface area contributed by atoms with Crippen molar-refractivity contribution in [2.45, 2.75) is 64.7 Å². The molecule has 0 aromatic heterocycles. The van der Waals surface area contributed by atoms with Crippen molar-refractivity contribution >= 4 is 29.6 Å². The molecule has 1 heteroatoms. The molecule has 0 atom stereocenters. The van der Waals surface area contributed by atoms with E-state index < -0.39 is 0 Å². The Bertz CT molecular complexity index is 519. The second-order valence-corrected chi connectivity index (χ2v) is 6.25. The van der Waals surface area contributed by atoms with Crippen molar-refractivity contribution in [1.82, 2.24) is 0 Å². The van der Waals surface area contributed by atoms with Gasteiger partial charge in [0.05, 0.1) is 0 Å². The van der Waals surface area contributed by atoms with Crippen LogP contribution in [-0.4, -0.2) is 29.6 Å². The van der Waals surface area contributed by atoms with Gasteiger partial charge in [0.1, 0.15) is 0 Å². The summed E-state index contributed by atoms with van der Waals surface area (Å²) in [4.78, 5) is 0. The first-order valence-electron chi connectivity index (χ1n) is 9.05. The molecule has 0 heterocycles. The van der Waals surface area contributed by atoms with Gasteiger partial charge in [0.25, 0.3) is 0 Å². The van der Waals surface area contributed by atoms with Gasteiger partial charge in [-0.15, -0.1) is 0 Å². The van der Waals surface area contributed by atoms with Crippen LogP contribution in [0.5, 0.6) is 0 Å². The molecule has 0 nitrogen and oxygen atoms in total. The van der Waals surface area contributed by atoms with Gasteiger partial charge in [0, 0.05) is 29.6 Å². The van der Waals surface area contributed by atoms with Crippen LogP contribution in [0.1, 0.15) is 63.9 Å². The fraction of sp³-hybridized carbons (Fsp3) is 0.455. The van der Waals surface area contributed by atoms with E-state index in [1.54, 1.807) is 0 Å². The molecule has 1 radical (unpaired) electrons. The second-order valence-electron chi connectivity index (χ2n) is 6.25. The third-order valence-electron chi connectivity index (χ3n) is 4.40. The van der Waals surface area contributed by atoms with E-state index in [-0.39, 0.29) is 29.6 Å². The number of rotatable bonds is 10. The van der Waals surface area contributed by atoms with Gasteiger partial charge in [-0.3, -0.25) is 0 Å². The zero-order valence-electron chi connectivity index (χ0n) is 15.1. The van der Waals surface area contributed by atoms with Crippen molar-refractivity contribution in [3.8, 4) is 11.1 Å². The number of aryl methyl sites for hydroxylation is 1. The Morgan fingerprint density at radius 1 is 0.609 bits per heavy atom. The molecule has 0 fully saturated rings. The van der Waals surface area contributed by atoms with Crippen molar-refractivity contribution in [3.63, 3.8) is 0 Å². The SMILES string of the molecule is CCCCCCCCCCc1ccccc1-c1ccccc1.[Na]. The van der Waals surface area contributed by atoms with Crippen molar-refractivity contribution in [2.24, 2.45) is 0 Å². The van der Waals surface area contributed by atoms with Crippen molar-refractivity contribution in [3.05, 3.63) is 60.2 Å². The van der Waals surface area contributed by atoms with Gasteiger partial charge in [-0.25, -0.2) is 0 Å². The fourth-order valence-electron chi connectivity index (χ4n) is 3.09. The molecule has 0 amide bonds. The van der Waals surface area contributed by atoms with Gasteiger partial charge in [-0.1, -0.05) is 106 Å². The summed E-state index contributed by atoms with van der Waals surface area (Å²) in [6.45, 7) is 2.28. The molecule has 0 unspecified atom stereocenters. The largest absolute Gasteiger partial charge is 0.0654 e. The van der Waals surface area contributed by atoms with E-state index in [0.29, 0.717) is 0 Å². The molecule has 0 spiro atoms. The van der Waals surface area contributed by atoms with Crippen LogP contribution in [0, 0.1) is 0 Å². The predicted octanol–water partition coefficient (Wildman–Crippen LogP) is 6.66. The van der Waals surface area contributed by atoms with E-state index in [4.69, 9.17) is 0 Å². The molecule has 0 bridgehead atoms. The summed E-state index contributed by atoms with van der Waals surface area (Å²) in [5.74, 6) is 0. The topological polar surface area (TPSA) is 0 Å². The quantitative estimate of drug-likeness (QED) is 0.339. The molecule has 0 aliphatic rings. The summed E-state index contributed by atoms with van der Waals surface area (Å²) in [6, 6.07) is 19.7. The summed E-state index contributed by atoms with van der Waals surface area (Å²) < 4.78 is 0. The van der Waals surface area contributed by atoms with Gasteiger partial charge in [-0.2, -0.15) is 0 Å². The molecular weight excluding hydrogens is 287 g/mol. The average Bonchev–Trinajstić information content (AvgIpc) is 2.58. The Labute approximate surface area is 165 Å². The van der Waals surface area contributed by atoms with E-state index in [1.165, 1.54) is 74.5 Å². The normalized spacial score (nSPS) is 10.3. The molecule has 0 saturated heterocycles. The molecule has 0 aliphatic heterocycles. The van der Waals surface area contributed by atoms with Gasteiger partial charge in [0.15, 0.2) is 0 Å². The van der Waals surface area contributed by atoms with E-state index in [1.807, 2.05) is 0 Å². The molecule has 2 aromatic rings. The first kappa shape index (κ1) is 20.5. The predicted molar refractivity (Wildman–Crippen MR) is 104 cm³/mol. The smallest absolute Gasteiger partial charge is 0 e. The maximum atomic E-state index is 2.30. The van der Waals surface area contributed by atoms with Crippen molar-refractivity contribution in [1.29, 1.82) is 0 Å². The minimum Gasteiger partial charge on any atom is -0.0654 e. The van der Waals surface area contributed by atoms with Gasteiger partial charge in [0.2, 0.25) is 0 Å². The maximum absolute atomic E-state index is 2.30. The van der Waals surface area contributed by atoms with Gasteiger partial charge < -0.3 is 0 Å². The Morgan fingerprint density at radius 3 is 1.87 bits per heavy atom. The summed E-state index contributed by atoms with van der Waals surface area (Å²) in [7, 11) is 0. The first-order valence-corrected chi connectivity index (χ1v) is 9.05. The molecule has 2 aromatic carbocycles. The van der Waals surface area contributed by atoms with Crippen LogP contribution >= 0.6 is 0 Å². The van der Waals surface area contributed by atoms with Crippen LogP contribution in [0.15, 0.2) is 54.6 Å².